The normalized spacial score (nSPS) is 16.5. The molecule has 0 N–H and O–H groups in total. The standard InChI is InChI=1S/C11H19NO2.C3H8/c1-4-10(3)14-11(13)12-7-5-9(2)6-8-12;1-3-2/h5,10H,4,6-8H2,1-3H3;3H2,1-2H3. The number of amides is 1. The maximum atomic E-state index is 11.5. The molecule has 1 heterocycles. The number of nitrogens with zero attached hydrogens (tertiary/aromatic N) is 1. The Labute approximate surface area is 106 Å². The quantitative estimate of drug-likeness (QED) is 0.684. The summed E-state index contributed by atoms with van der Waals surface area (Å²) in [4.78, 5) is 13.3. The highest BCUT2D eigenvalue weighted by atomic mass is 16.6. The third-order valence-electron chi connectivity index (χ3n) is 2.57. The van der Waals surface area contributed by atoms with Crippen LogP contribution in [0.15, 0.2) is 11.6 Å². The summed E-state index contributed by atoms with van der Waals surface area (Å²) < 4.78 is 5.23. The van der Waals surface area contributed by atoms with E-state index in [1.165, 1.54) is 12.0 Å². The van der Waals surface area contributed by atoms with Crippen molar-refractivity contribution in [1.29, 1.82) is 0 Å². The predicted octanol–water partition coefficient (Wildman–Crippen LogP) is 3.99. The Morgan fingerprint density at radius 3 is 2.47 bits per heavy atom. The van der Waals surface area contributed by atoms with Gasteiger partial charge in [0.1, 0.15) is 6.10 Å². The molecule has 0 aromatic rings. The van der Waals surface area contributed by atoms with Gasteiger partial charge in [-0.2, -0.15) is 0 Å². The minimum absolute atomic E-state index is 0.0227. The number of rotatable bonds is 2. The van der Waals surface area contributed by atoms with Gasteiger partial charge in [0, 0.05) is 13.1 Å². The Morgan fingerprint density at radius 2 is 2.06 bits per heavy atom. The van der Waals surface area contributed by atoms with Crippen LogP contribution in [-0.4, -0.2) is 30.2 Å². The first-order chi connectivity index (χ1) is 8.04. The Kier molecular flexibility index (Phi) is 8.55. The molecule has 0 saturated carbocycles. The topological polar surface area (TPSA) is 29.5 Å². The summed E-state index contributed by atoms with van der Waals surface area (Å²) in [6.45, 7) is 11.8. The lowest BCUT2D eigenvalue weighted by molar-refractivity contribution is 0.0706. The van der Waals surface area contributed by atoms with Gasteiger partial charge >= 0.3 is 6.09 Å². The van der Waals surface area contributed by atoms with Crippen molar-refractivity contribution in [1.82, 2.24) is 4.90 Å². The van der Waals surface area contributed by atoms with Gasteiger partial charge in [-0.1, -0.05) is 38.8 Å². The maximum Gasteiger partial charge on any atom is 0.410 e. The van der Waals surface area contributed by atoms with Crippen molar-refractivity contribution < 1.29 is 9.53 Å². The molecule has 1 aliphatic rings. The second-order valence-electron chi connectivity index (χ2n) is 4.56. The zero-order valence-electron chi connectivity index (χ0n) is 12.0. The van der Waals surface area contributed by atoms with E-state index >= 15 is 0 Å². The fourth-order valence-electron chi connectivity index (χ4n) is 1.27. The predicted molar refractivity (Wildman–Crippen MR) is 72.1 cm³/mol. The Morgan fingerprint density at radius 1 is 1.47 bits per heavy atom. The summed E-state index contributed by atoms with van der Waals surface area (Å²) in [6.07, 6.45) is 5.02. The summed E-state index contributed by atoms with van der Waals surface area (Å²) >= 11 is 0. The van der Waals surface area contributed by atoms with Gasteiger partial charge in [-0.25, -0.2) is 4.79 Å². The van der Waals surface area contributed by atoms with Crippen LogP contribution in [0.5, 0.6) is 0 Å². The molecular formula is C14H27NO2. The van der Waals surface area contributed by atoms with Crippen LogP contribution in [0, 0.1) is 0 Å². The van der Waals surface area contributed by atoms with E-state index < -0.39 is 0 Å². The molecule has 17 heavy (non-hydrogen) atoms. The van der Waals surface area contributed by atoms with Crippen LogP contribution in [0.4, 0.5) is 4.79 Å². The van der Waals surface area contributed by atoms with Gasteiger partial charge in [-0.05, 0) is 26.7 Å². The second kappa shape index (κ2) is 9.08. The van der Waals surface area contributed by atoms with Crippen LogP contribution >= 0.6 is 0 Å². The largest absolute Gasteiger partial charge is 0.446 e. The summed E-state index contributed by atoms with van der Waals surface area (Å²) in [5.74, 6) is 0. The van der Waals surface area contributed by atoms with Crippen molar-refractivity contribution in [3.63, 3.8) is 0 Å². The fraction of sp³-hybridized carbons (Fsp3) is 0.786. The highest BCUT2D eigenvalue weighted by Crippen LogP contribution is 2.11. The third kappa shape index (κ3) is 7.03. The van der Waals surface area contributed by atoms with Gasteiger partial charge in [-0.3, -0.25) is 0 Å². The fourth-order valence-corrected chi connectivity index (χ4v) is 1.27. The van der Waals surface area contributed by atoms with E-state index in [9.17, 15) is 4.79 Å². The van der Waals surface area contributed by atoms with Gasteiger partial charge in [0.15, 0.2) is 0 Å². The molecule has 0 bridgehead atoms. The van der Waals surface area contributed by atoms with Crippen LogP contribution in [0.1, 0.15) is 53.9 Å². The van der Waals surface area contributed by atoms with Crippen molar-refractivity contribution in [2.24, 2.45) is 0 Å². The average molecular weight is 241 g/mol. The molecule has 3 heteroatoms. The lowest BCUT2D eigenvalue weighted by atomic mass is 10.1. The summed E-state index contributed by atoms with van der Waals surface area (Å²) in [7, 11) is 0. The molecule has 1 unspecified atom stereocenters. The monoisotopic (exact) mass is 241 g/mol. The number of carbonyl (C=O) groups is 1. The van der Waals surface area contributed by atoms with Crippen LogP contribution < -0.4 is 0 Å². The number of ether oxygens (including phenoxy) is 1. The number of carbonyl (C=O) groups excluding carboxylic acids is 1. The van der Waals surface area contributed by atoms with Crippen molar-refractivity contribution in [2.75, 3.05) is 13.1 Å². The van der Waals surface area contributed by atoms with Crippen LogP contribution in [0.3, 0.4) is 0 Å². The van der Waals surface area contributed by atoms with Crippen LogP contribution in [0.2, 0.25) is 0 Å². The molecule has 3 nitrogen and oxygen atoms in total. The summed E-state index contributed by atoms with van der Waals surface area (Å²) in [6, 6.07) is 0. The highest BCUT2D eigenvalue weighted by molar-refractivity contribution is 5.68. The van der Waals surface area contributed by atoms with E-state index in [1.54, 1.807) is 4.90 Å². The highest BCUT2D eigenvalue weighted by Gasteiger charge is 2.18. The smallest absolute Gasteiger partial charge is 0.410 e. The Bertz CT molecular complexity index is 249. The average Bonchev–Trinajstić information content (AvgIpc) is 2.30. The van der Waals surface area contributed by atoms with E-state index in [0.717, 1.165) is 19.4 Å². The minimum atomic E-state index is -0.178. The lowest BCUT2D eigenvalue weighted by Gasteiger charge is -2.26. The molecule has 100 valence electrons. The first-order valence-electron chi connectivity index (χ1n) is 6.66. The molecule has 1 rings (SSSR count). The third-order valence-corrected chi connectivity index (χ3v) is 2.57. The second-order valence-corrected chi connectivity index (χ2v) is 4.56. The lowest BCUT2D eigenvalue weighted by Crippen LogP contribution is -2.36. The number of hydrogen-bond acceptors (Lipinski definition) is 2. The van der Waals surface area contributed by atoms with E-state index in [2.05, 4.69) is 26.8 Å². The van der Waals surface area contributed by atoms with Crippen molar-refractivity contribution in [2.45, 2.75) is 60.0 Å². The first-order valence-corrected chi connectivity index (χ1v) is 6.66. The van der Waals surface area contributed by atoms with Gasteiger partial charge in [-0.15, -0.1) is 0 Å². The zero-order valence-corrected chi connectivity index (χ0v) is 12.0. The van der Waals surface area contributed by atoms with Gasteiger partial charge in [0.05, 0.1) is 0 Å². The number of hydrogen-bond donors (Lipinski definition) is 0. The molecule has 1 atom stereocenters. The molecule has 0 fully saturated rings. The molecule has 1 amide bonds. The molecule has 0 spiro atoms. The van der Waals surface area contributed by atoms with Gasteiger partial charge < -0.3 is 9.64 Å². The summed E-state index contributed by atoms with van der Waals surface area (Å²) in [5, 5.41) is 0. The van der Waals surface area contributed by atoms with Crippen molar-refractivity contribution in [3.8, 4) is 0 Å². The van der Waals surface area contributed by atoms with E-state index in [4.69, 9.17) is 4.74 Å². The Hall–Kier alpha value is -0.990. The maximum absolute atomic E-state index is 11.5. The van der Waals surface area contributed by atoms with Crippen LogP contribution in [0.25, 0.3) is 0 Å². The van der Waals surface area contributed by atoms with Crippen LogP contribution in [-0.2, 0) is 4.74 Å². The molecule has 0 aliphatic carbocycles. The Balaban J connectivity index is 0.000000770. The molecule has 1 aliphatic heterocycles. The molecular weight excluding hydrogens is 214 g/mol. The minimum Gasteiger partial charge on any atom is -0.446 e. The zero-order chi connectivity index (χ0) is 13.3. The van der Waals surface area contributed by atoms with E-state index in [0.29, 0.717) is 6.54 Å². The van der Waals surface area contributed by atoms with E-state index in [-0.39, 0.29) is 12.2 Å². The van der Waals surface area contributed by atoms with Gasteiger partial charge in [0.2, 0.25) is 0 Å². The summed E-state index contributed by atoms with van der Waals surface area (Å²) in [5.41, 5.74) is 1.36. The molecule has 0 aromatic heterocycles. The van der Waals surface area contributed by atoms with E-state index in [1.807, 2.05) is 13.8 Å². The SMILES string of the molecule is CCC.CCC(C)OC(=O)N1CC=C(C)CC1. The first kappa shape index (κ1) is 16.0. The molecule has 0 radical (unpaired) electrons. The van der Waals surface area contributed by atoms with Gasteiger partial charge in [0.25, 0.3) is 0 Å². The van der Waals surface area contributed by atoms with Crippen molar-refractivity contribution in [3.05, 3.63) is 11.6 Å². The molecule has 0 aromatic carbocycles. The molecule has 0 saturated heterocycles. The van der Waals surface area contributed by atoms with Crippen molar-refractivity contribution >= 4 is 6.09 Å².